The normalized spacial score (nSPS) is 21.6. The molecule has 0 radical (unpaired) electrons. The van der Waals surface area contributed by atoms with Crippen LogP contribution in [-0.2, 0) is 21.1 Å². The van der Waals surface area contributed by atoms with Gasteiger partial charge in [0.2, 0.25) is 0 Å². The van der Waals surface area contributed by atoms with Crippen LogP contribution in [-0.4, -0.2) is 12.1 Å². The molecule has 0 bridgehead atoms. The molecule has 10 heavy (non-hydrogen) atoms. The topological polar surface area (TPSA) is 16.6 Å². The van der Waals surface area contributed by atoms with Crippen LogP contribution in [0.15, 0.2) is 0 Å². The SMILES string of the molecule is C1CC1[NH2+]C1CC1.[Cl-].[Cl-].[Pt]. The third kappa shape index (κ3) is 4.96. The summed E-state index contributed by atoms with van der Waals surface area (Å²) in [5, 5.41) is 2.56. The van der Waals surface area contributed by atoms with E-state index in [1.54, 1.807) is 0 Å². The number of hydrogen-bond donors (Lipinski definition) is 1. The summed E-state index contributed by atoms with van der Waals surface area (Å²) >= 11 is 0. The van der Waals surface area contributed by atoms with Gasteiger partial charge in [-0.15, -0.1) is 0 Å². The molecule has 0 aromatic carbocycles. The molecule has 0 heterocycles. The maximum atomic E-state index is 2.56. The summed E-state index contributed by atoms with van der Waals surface area (Å²) in [5.41, 5.74) is 0. The average Bonchev–Trinajstić information content (AvgIpc) is 2.33. The first kappa shape index (κ1) is 13.8. The maximum Gasteiger partial charge on any atom is 0.0865 e. The molecule has 0 aliphatic heterocycles. The van der Waals surface area contributed by atoms with Crippen molar-refractivity contribution < 1.29 is 51.2 Å². The van der Waals surface area contributed by atoms with E-state index in [0.29, 0.717) is 0 Å². The van der Waals surface area contributed by atoms with Gasteiger partial charge in [0, 0.05) is 46.7 Å². The molecule has 1 nitrogen and oxygen atoms in total. The van der Waals surface area contributed by atoms with Crippen LogP contribution in [0.4, 0.5) is 0 Å². The number of nitrogens with two attached hydrogens (primary N) is 1. The predicted octanol–water partition coefficient (Wildman–Crippen LogP) is -6.12. The smallest absolute Gasteiger partial charge is 0.0865 e. The first-order chi connectivity index (χ1) is 3.45. The van der Waals surface area contributed by atoms with Crippen LogP contribution < -0.4 is 30.1 Å². The van der Waals surface area contributed by atoms with Crippen LogP contribution >= 0.6 is 0 Å². The van der Waals surface area contributed by atoms with Gasteiger partial charge in [-0.2, -0.15) is 0 Å². The number of halogens is 2. The third-order valence-electron chi connectivity index (χ3n) is 1.79. The van der Waals surface area contributed by atoms with Crippen LogP contribution in [0, 0.1) is 0 Å². The van der Waals surface area contributed by atoms with E-state index in [0.717, 1.165) is 12.1 Å². The zero-order chi connectivity index (χ0) is 4.69. The predicted molar refractivity (Wildman–Crippen MR) is 28.0 cm³/mol. The number of rotatable bonds is 2. The average molecular weight is 364 g/mol. The Labute approximate surface area is 88.8 Å². The van der Waals surface area contributed by atoms with E-state index in [4.69, 9.17) is 0 Å². The summed E-state index contributed by atoms with van der Waals surface area (Å²) in [6, 6.07) is 2.12. The number of hydrogen-bond acceptors (Lipinski definition) is 0. The molecule has 2 fully saturated rings. The first-order valence-electron chi connectivity index (χ1n) is 3.30. The van der Waals surface area contributed by atoms with E-state index < -0.39 is 0 Å². The van der Waals surface area contributed by atoms with Crippen molar-refractivity contribution in [2.45, 2.75) is 37.8 Å². The molecule has 4 heteroatoms. The van der Waals surface area contributed by atoms with Crippen LogP contribution in [0.5, 0.6) is 0 Å². The fourth-order valence-corrected chi connectivity index (χ4v) is 0.962. The standard InChI is InChI=1S/C6H11N.2ClH.Pt/c1-2-5(1)7-6-3-4-6;;;/h5-7H,1-4H2;2*1H;/p-1. The van der Waals surface area contributed by atoms with Gasteiger partial charge in [-0.3, -0.25) is 0 Å². The second-order valence-corrected chi connectivity index (χ2v) is 2.87. The largest absolute Gasteiger partial charge is 1.00 e. The molecule has 0 amide bonds. The van der Waals surface area contributed by atoms with Crippen molar-refractivity contribution in [2.75, 3.05) is 0 Å². The fraction of sp³-hybridized carbons (Fsp3) is 1.00. The van der Waals surface area contributed by atoms with Gasteiger partial charge >= 0.3 is 0 Å². The Balaban J connectivity index is 0. The van der Waals surface area contributed by atoms with Gasteiger partial charge in [0.25, 0.3) is 0 Å². The number of quaternary nitrogens is 1. The van der Waals surface area contributed by atoms with Gasteiger partial charge in [-0.25, -0.2) is 0 Å². The van der Waals surface area contributed by atoms with Crippen molar-refractivity contribution in [3.63, 3.8) is 0 Å². The van der Waals surface area contributed by atoms with Crippen molar-refractivity contribution in [2.24, 2.45) is 0 Å². The molecule has 2 N–H and O–H groups in total. The van der Waals surface area contributed by atoms with Gasteiger partial charge in [-0.1, -0.05) is 0 Å². The second kappa shape index (κ2) is 5.83. The summed E-state index contributed by atoms with van der Waals surface area (Å²) in [4.78, 5) is 0. The minimum Gasteiger partial charge on any atom is -1.00 e. The van der Waals surface area contributed by atoms with Crippen LogP contribution in [0.3, 0.4) is 0 Å². The summed E-state index contributed by atoms with van der Waals surface area (Å²) < 4.78 is 0. The van der Waals surface area contributed by atoms with Crippen LogP contribution in [0.2, 0.25) is 0 Å². The van der Waals surface area contributed by atoms with E-state index in [9.17, 15) is 0 Å². The molecule has 2 aliphatic rings. The Morgan fingerprint density at radius 2 is 1.10 bits per heavy atom. The Morgan fingerprint density at radius 3 is 1.30 bits per heavy atom. The summed E-state index contributed by atoms with van der Waals surface area (Å²) in [6.45, 7) is 0. The molecule has 0 unspecified atom stereocenters. The van der Waals surface area contributed by atoms with Crippen molar-refractivity contribution in [3.8, 4) is 0 Å². The zero-order valence-corrected chi connectivity index (χ0v) is 9.42. The van der Waals surface area contributed by atoms with E-state index in [-0.39, 0.29) is 45.9 Å². The fourth-order valence-electron chi connectivity index (χ4n) is 0.962. The van der Waals surface area contributed by atoms with Gasteiger partial charge in [0.05, 0.1) is 12.1 Å². The monoisotopic (exact) mass is 363 g/mol. The van der Waals surface area contributed by atoms with Gasteiger partial charge in [0.1, 0.15) is 0 Å². The maximum absolute atomic E-state index is 2.56. The molecule has 2 saturated carbocycles. The molecule has 2 aliphatic carbocycles. The Bertz CT molecular complexity index is 73.8. The molecule has 2 rings (SSSR count). The van der Waals surface area contributed by atoms with Crippen LogP contribution in [0.25, 0.3) is 0 Å². The van der Waals surface area contributed by atoms with Gasteiger partial charge in [-0.05, 0) is 0 Å². The van der Waals surface area contributed by atoms with E-state index in [1.807, 2.05) is 0 Å². The Kier molecular flexibility index (Phi) is 8.04. The Morgan fingerprint density at radius 1 is 0.800 bits per heavy atom. The molecule has 66 valence electrons. The van der Waals surface area contributed by atoms with Gasteiger partial charge in [0.15, 0.2) is 0 Å². The molecule has 0 saturated heterocycles. The molecule has 0 atom stereocenters. The second-order valence-electron chi connectivity index (χ2n) is 2.87. The van der Waals surface area contributed by atoms with Crippen molar-refractivity contribution in [1.82, 2.24) is 0 Å². The molecule has 0 aromatic rings. The molecular formula is C6H12Cl2NPt-. The minimum atomic E-state index is 0. The summed E-state index contributed by atoms with van der Waals surface area (Å²) in [6.07, 6.45) is 5.99. The Hall–Kier alpha value is 1.23. The van der Waals surface area contributed by atoms with Crippen LogP contribution in [0.1, 0.15) is 25.7 Å². The van der Waals surface area contributed by atoms with Gasteiger partial charge < -0.3 is 30.1 Å². The van der Waals surface area contributed by atoms with E-state index in [1.165, 1.54) is 25.7 Å². The molecular weight excluding hydrogens is 352 g/mol. The third-order valence-corrected chi connectivity index (χ3v) is 1.79. The molecule has 0 aromatic heterocycles. The minimum absolute atomic E-state index is 0. The van der Waals surface area contributed by atoms with Crippen molar-refractivity contribution in [3.05, 3.63) is 0 Å². The van der Waals surface area contributed by atoms with Crippen molar-refractivity contribution in [1.29, 1.82) is 0 Å². The zero-order valence-electron chi connectivity index (χ0n) is 5.63. The van der Waals surface area contributed by atoms with E-state index in [2.05, 4.69) is 5.32 Å². The van der Waals surface area contributed by atoms with Crippen molar-refractivity contribution >= 4 is 0 Å². The first-order valence-corrected chi connectivity index (χ1v) is 3.30. The molecule has 0 spiro atoms. The summed E-state index contributed by atoms with van der Waals surface area (Å²) in [7, 11) is 0. The van der Waals surface area contributed by atoms with E-state index >= 15 is 0 Å². The quantitative estimate of drug-likeness (QED) is 0.503. The summed E-state index contributed by atoms with van der Waals surface area (Å²) in [5.74, 6) is 0.